The van der Waals surface area contributed by atoms with Crippen LogP contribution >= 0.6 is 0 Å². The van der Waals surface area contributed by atoms with E-state index in [0.717, 1.165) is 29.4 Å². The number of likely N-dealkylation sites (tertiary alicyclic amines) is 1. The highest BCUT2D eigenvalue weighted by Crippen LogP contribution is 2.18. The number of sulfonamides is 1. The van der Waals surface area contributed by atoms with Crippen molar-refractivity contribution in [3.63, 3.8) is 0 Å². The van der Waals surface area contributed by atoms with E-state index < -0.39 is 27.3 Å². The first-order chi connectivity index (χ1) is 16.2. The van der Waals surface area contributed by atoms with Gasteiger partial charge in [0, 0.05) is 27.2 Å². The van der Waals surface area contributed by atoms with Crippen molar-refractivity contribution in [2.24, 2.45) is 14.1 Å². The fourth-order valence-corrected chi connectivity index (χ4v) is 5.58. The minimum Gasteiger partial charge on any atom is -0.341 e. The van der Waals surface area contributed by atoms with Crippen LogP contribution in [0.25, 0.3) is 10.9 Å². The molecule has 2 aromatic carbocycles. The Bertz CT molecular complexity index is 1440. The van der Waals surface area contributed by atoms with Crippen LogP contribution in [0, 0.1) is 0 Å². The number of aromatic nitrogens is 2. The van der Waals surface area contributed by atoms with E-state index in [0.29, 0.717) is 18.6 Å². The van der Waals surface area contributed by atoms with Crippen molar-refractivity contribution in [1.29, 1.82) is 0 Å². The van der Waals surface area contributed by atoms with Crippen LogP contribution in [0.1, 0.15) is 24.8 Å². The lowest BCUT2D eigenvalue weighted by Crippen LogP contribution is -2.51. The number of benzene rings is 2. The van der Waals surface area contributed by atoms with E-state index in [1.54, 1.807) is 4.90 Å². The van der Waals surface area contributed by atoms with Crippen molar-refractivity contribution in [2.45, 2.75) is 36.6 Å². The van der Waals surface area contributed by atoms with Crippen molar-refractivity contribution in [1.82, 2.24) is 18.8 Å². The van der Waals surface area contributed by atoms with Crippen molar-refractivity contribution in [3.05, 3.63) is 74.9 Å². The van der Waals surface area contributed by atoms with Crippen LogP contribution in [0.2, 0.25) is 0 Å². The lowest BCUT2D eigenvalue weighted by molar-refractivity contribution is -0.133. The van der Waals surface area contributed by atoms with Gasteiger partial charge in [-0.3, -0.25) is 18.7 Å². The molecule has 0 unspecified atom stereocenters. The fraction of sp³-hybridized carbons (Fsp3) is 0.375. The van der Waals surface area contributed by atoms with E-state index in [-0.39, 0.29) is 22.6 Å². The van der Waals surface area contributed by atoms with Gasteiger partial charge in [-0.15, -0.1) is 0 Å². The Hall–Kier alpha value is -3.24. The summed E-state index contributed by atoms with van der Waals surface area (Å²) < 4.78 is 31.5. The van der Waals surface area contributed by atoms with Gasteiger partial charge < -0.3 is 4.90 Å². The molecule has 0 saturated carbocycles. The number of aryl methyl sites for hydroxylation is 1. The largest absolute Gasteiger partial charge is 0.341 e. The van der Waals surface area contributed by atoms with Crippen LogP contribution in [0.15, 0.2) is 63.0 Å². The molecule has 1 fully saturated rings. The summed E-state index contributed by atoms with van der Waals surface area (Å²) in [5.74, 6) is -0.258. The average molecular weight is 485 g/mol. The number of amides is 1. The van der Waals surface area contributed by atoms with E-state index >= 15 is 0 Å². The van der Waals surface area contributed by atoms with E-state index in [1.165, 1.54) is 36.9 Å². The quantitative estimate of drug-likeness (QED) is 0.564. The molecule has 1 atom stereocenters. The summed E-state index contributed by atoms with van der Waals surface area (Å²) in [6.45, 7) is 1.21. The number of piperidine rings is 1. The molecule has 1 aliphatic rings. The van der Waals surface area contributed by atoms with Crippen LogP contribution in [0.5, 0.6) is 0 Å². The fourth-order valence-electron chi connectivity index (χ4n) is 4.36. The highest BCUT2D eigenvalue weighted by Gasteiger charge is 2.30. The standard InChI is InChI=1S/C24H28N4O5S/c1-26-21-12-11-18(16-19(21)22(29)27(2)24(26)31)34(32,33)25-20(15-17-9-5-3-6-10-17)23(30)28-13-7-4-8-14-28/h3,5-6,9-12,16,20,25H,4,7-8,13-15H2,1-2H3/t20-/m1/s1. The summed E-state index contributed by atoms with van der Waals surface area (Å²) in [5.41, 5.74) is 0.0851. The maximum atomic E-state index is 13.4. The highest BCUT2D eigenvalue weighted by atomic mass is 32.2. The van der Waals surface area contributed by atoms with Gasteiger partial charge in [-0.2, -0.15) is 4.72 Å². The smallest absolute Gasteiger partial charge is 0.330 e. The number of carbonyl (C=O) groups excluding carboxylic acids is 1. The van der Waals surface area contributed by atoms with E-state index in [4.69, 9.17) is 0 Å². The molecule has 0 radical (unpaired) electrons. The first-order valence-electron chi connectivity index (χ1n) is 11.2. The van der Waals surface area contributed by atoms with Crippen molar-refractivity contribution < 1.29 is 13.2 Å². The maximum absolute atomic E-state index is 13.4. The number of nitrogens with one attached hydrogen (secondary N) is 1. The lowest BCUT2D eigenvalue weighted by Gasteiger charge is -2.30. The third-order valence-corrected chi connectivity index (χ3v) is 7.76. The molecule has 1 saturated heterocycles. The molecule has 1 N–H and O–H groups in total. The molecule has 1 aromatic heterocycles. The second-order valence-corrected chi connectivity index (χ2v) is 10.3. The molecule has 4 rings (SSSR count). The number of fused-ring (bicyclic) bond motifs is 1. The summed E-state index contributed by atoms with van der Waals surface area (Å²) in [4.78, 5) is 39.7. The summed E-state index contributed by atoms with van der Waals surface area (Å²) in [6.07, 6.45) is 3.04. The van der Waals surface area contributed by atoms with Gasteiger partial charge in [-0.25, -0.2) is 13.2 Å². The third kappa shape index (κ3) is 4.69. The Morgan fingerprint density at radius 3 is 2.32 bits per heavy atom. The van der Waals surface area contributed by atoms with Gasteiger partial charge in [-0.1, -0.05) is 30.3 Å². The summed E-state index contributed by atoms with van der Waals surface area (Å²) in [7, 11) is -1.28. The molecular weight excluding hydrogens is 456 g/mol. The lowest BCUT2D eigenvalue weighted by atomic mass is 10.0. The van der Waals surface area contributed by atoms with E-state index in [2.05, 4.69) is 4.72 Å². The summed E-state index contributed by atoms with van der Waals surface area (Å²) in [6, 6.07) is 12.3. The highest BCUT2D eigenvalue weighted by molar-refractivity contribution is 7.89. The van der Waals surface area contributed by atoms with Crippen molar-refractivity contribution >= 4 is 26.8 Å². The third-order valence-electron chi connectivity index (χ3n) is 6.29. The summed E-state index contributed by atoms with van der Waals surface area (Å²) >= 11 is 0. The topological polar surface area (TPSA) is 110 Å². The van der Waals surface area contributed by atoms with Gasteiger partial charge in [0.2, 0.25) is 15.9 Å². The Morgan fingerprint density at radius 1 is 0.971 bits per heavy atom. The predicted octanol–water partition coefficient (Wildman–Crippen LogP) is 1.14. The molecule has 0 spiro atoms. The Balaban J connectivity index is 1.71. The Morgan fingerprint density at radius 2 is 1.65 bits per heavy atom. The maximum Gasteiger partial charge on any atom is 0.330 e. The second-order valence-electron chi connectivity index (χ2n) is 8.63. The van der Waals surface area contributed by atoms with Crippen LogP contribution in [0.3, 0.4) is 0 Å². The van der Waals surface area contributed by atoms with Crippen LogP contribution in [-0.2, 0) is 35.3 Å². The first-order valence-corrected chi connectivity index (χ1v) is 12.7. The predicted molar refractivity (Wildman–Crippen MR) is 129 cm³/mol. The molecule has 9 nitrogen and oxygen atoms in total. The molecule has 2 heterocycles. The van der Waals surface area contributed by atoms with Crippen molar-refractivity contribution in [3.8, 4) is 0 Å². The number of nitrogens with zero attached hydrogens (tertiary/aromatic N) is 3. The number of carbonyl (C=O) groups is 1. The number of hydrogen-bond donors (Lipinski definition) is 1. The minimum atomic E-state index is -4.14. The first kappa shape index (κ1) is 23.9. The molecular formula is C24H28N4O5S. The second kappa shape index (κ2) is 9.55. The van der Waals surface area contributed by atoms with Crippen LogP contribution in [-0.4, -0.2) is 47.5 Å². The van der Waals surface area contributed by atoms with Crippen LogP contribution < -0.4 is 16.0 Å². The van der Waals surface area contributed by atoms with E-state index in [1.807, 2.05) is 30.3 Å². The molecule has 0 aliphatic carbocycles. The molecule has 10 heteroatoms. The van der Waals surface area contributed by atoms with Gasteiger partial charge >= 0.3 is 5.69 Å². The minimum absolute atomic E-state index is 0.106. The summed E-state index contributed by atoms with van der Waals surface area (Å²) in [5, 5.41) is 0.106. The normalized spacial score (nSPS) is 15.4. The Kier molecular flexibility index (Phi) is 6.72. The molecule has 3 aromatic rings. The number of hydrogen-bond acceptors (Lipinski definition) is 5. The number of rotatable bonds is 6. The van der Waals surface area contributed by atoms with Gasteiger partial charge in [0.25, 0.3) is 5.56 Å². The van der Waals surface area contributed by atoms with Gasteiger partial charge in [0.1, 0.15) is 6.04 Å². The average Bonchev–Trinajstić information content (AvgIpc) is 2.86. The van der Waals surface area contributed by atoms with E-state index in [9.17, 15) is 22.8 Å². The SMILES string of the molecule is Cn1c(=O)c2cc(S(=O)(=O)N[C@H](Cc3ccccc3)C(=O)N3CCCCC3)ccc2n(C)c1=O. The molecule has 34 heavy (non-hydrogen) atoms. The molecule has 1 aliphatic heterocycles. The molecule has 1 amide bonds. The van der Waals surface area contributed by atoms with Crippen molar-refractivity contribution in [2.75, 3.05) is 13.1 Å². The van der Waals surface area contributed by atoms with Crippen LogP contribution in [0.4, 0.5) is 0 Å². The molecule has 180 valence electrons. The zero-order chi connectivity index (χ0) is 24.5. The monoisotopic (exact) mass is 484 g/mol. The zero-order valence-electron chi connectivity index (χ0n) is 19.2. The molecule has 0 bridgehead atoms. The zero-order valence-corrected chi connectivity index (χ0v) is 20.0. The van der Waals surface area contributed by atoms with Gasteiger partial charge in [-0.05, 0) is 49.4 Å². The Labute approximate surface area is 197 Å². The van der Waals surface area contributed by atoms with Gasteiger partial charge in [0.15, 0.2) is 0 Å². The van der Waals surface area contributed by atoms with Gasteiger partial charge in [0.05, 0.1) is 15.8 Å².